The average Bonchev–Trinajstić information content (AvgIpc) is 2.41. The van der Waals surface area contributed by atoms with E-state index in [4.69, 9.17) is 4.74 Å². The minimum Gasteiger partial charge on any atom is -0.505 e. The van der Waals surface area contributed by atoms with Gasteiger partial charge in [-0.3, -0.25) is 0 Å². The molecule has 0 heterocycles. The molecule has 0 amide bonds. The molecule has 98 valence electrons. The first kappa shape index (κ1) is 14.0. The van der Waals surface area contributed by atoms with E-state index in [9.17, 15) is 5.11 Å². The van der Waals surface area contributed by atoms with E-state index in [0.717, 1.165) is 10.2 Å². The fourth-order valence-corrected chi connectivity index (χ4v) is 2.59. The molecule has 19 heavy (non-hydrogen) atoms. The van der Waals surface area contributed by atoms with Gasteiger partial charge in [-0.2, -0.15) is 5.11 Å². The zero-order valence-electron chi connectivity index (χ0n) is 9.97. The molecule has 0 radical (unpaired) electrons. The first-order valence-electron chi connectivity index (χ1n) is 5.34. The lowest BCUT2D eigenvalue weighted by Gasteiger charge is -2.02. The maximum atomic E-state index is 9.84. The van der Waals surface area contributed by atoms with Crippen LogP contribution in [0.4, 0.5) is 11.4 Å². The zero-order chi connectivity index (χ0) is 13.8. The molecule has 2 aromatic carbocycles. The van der Waals surface area contributed by atoms with E-state index in [1.54, 1.807) is 43.5 Å². The Morgan fingerprint density at radius 3 is 2.37 bits per heavy atom. The second kappa shape index (κ2) is 6.16. The highest BCUT2D eigenvalue weighted by Crippen LogP contribution is 2.38. The monoisotopic (exact) mass is 384 g/mol. The number of ether oxygens (including phenoxy) is 1. The summed E-state index contributed by atoms with van der Waals surface area (Å²) in [5.41, 5.74) is 1.06. The van der Waals surface area contributed by atoms with Gasteiger partial charge in [0.2, 0.25) is 0 Å². The van der Waals surface area contributed by atoms with Gasteiger partial charge >= 0.3 is 0 Å². The summed E-state index contributed by atoms with van der Waals surface area (Å²) in [6.45, 7) is 0. The maximum absolute atomic E-state index is 9.84. The lowest BCUT2D eigenvalue weighted by Crippen LogP contribution is -1.79. The third kappa shape index (κ3) is 3.54. The molecule has 1 N–H and O–H groups in total. The first-order chi connectivity index (χ1) is 9.10. The molecule has 4 nitrogen and oxygen atoms in total. The number of hydrogen-bond donors (Lipinski definition) is 1. The van der Waals surface area contributed by atoms with Crippen molar-refractivity contribution in [1.29, 1.82) is 0 Å². The van der Waals surface area contributed by atoms with Crippen molar-refractivity contribution in [3.63, 3.8) is 0 Å². The number of rotatable bonds is 3. The van der Waals surface area contributed by atoms with Crippen LogP contribution < -0.4 is 4.74 Å². The molecule has 0 aliphatic carbocycles. The second-order valence-electron chi connectivity index (χ2n) is 3.65. The molecule has 0 aliphatic rings. The molecule has 0 atom stereocenters. The van der Waals surface area contributed by atoms with Crippen molar-refractivity contribution in [2.75, 3.05) is 7.11 Å². The highest BCUT2D eigenvalue weighted by molar-refractivity contribution is 9.11. The first-order valence-corrected chi connectivity index (χ1v) is 6.92. The Hall–Kier alpha value is -1.40. The van der Waals surface area contributed by atoms with Crippen molar-refractivity contribution in [3.05, 3.63) is 45.3 Å². The molecule has 0 bridgehead atoms. The molecule has 2 rings (SSSR count). The number of hydrogen-bond acceptors (Lipinski definition) is 4. The van der Waals surface area contributed by atoms with Gasteiger partial charge in [-0.1, -0.05) is 15.9 Å². The topological polar surface area (TPSA) is 54.2 Å². The predicted molar refractivity (Wildman–Crippen MR) is 80.7 cm³/mol. The Kier molecular flexibility index (Phi) is 4.55. The van der Waals surface area contributed by atoms with Crippen molar-refractivity contribution < 1.29 is 9.84 Å². The molecular weight excluding hydrogens is 376 g/mol. The van der Waals surface area contributed by atoms with Crippen LogP contribution in [0.2, 0.25) is 0 Å². The van der Waals surface area contributed by atoms with Crippen LogP contribution in [0.25, 0.3) is 0 Å². The molecule has 0 saturated heterocycles. The van der Waals surface area contributed by atoms with Gasteiger partial charge in [-0.15, -0.1) is 5.11 Å². The van der Waals surface area contributed by atoms with E-state index in [-0.39, 0.29) is 5.75 Å². The Morgan fingerprint density at radius 2 is 1.74 bits per heavy atom. The van der Waals surface area contributed by atoms with Crippen LogP contribution in [0.5, 0.6) is 11.5 Å². The Balaban J connectivity index is 2.27. The Labute approximate surface area is 127 Å². The number of methoxy groups -OCH3 is 1. The molecule has 0 saturated carbocycles. The van der Waals surface area contributed by atoms with Gasteiger partial charge in [0.05, 0.1) is 17.3 Å². The second-order valence-corrected chi connectivity index (χ2v) is 5.42. The van der Waals surface area contributed by atoms with Crippen LogP contribution in [0.3, 0.4) is 0 Å². The molecule has 0 spiro atoms. The van der Waals surface area contributed by atoms with Gasteiger partial charge in [0.15, 0.2) is 5.75 Å². The fraction of sp³-hybridized carbons (Fsp3) is 0.0769. The van der Waals surface area contributed by atoms with Crippen LogP contribution in [0.15, 0.2) is 55.6 Å². The zero-order valence-corrected chi connectivity index (χ0v) is 13.1. The Morgan fingerprint density at radius 1 is 1.05 bits per heavy atom. The van der Waals surface area contributed by atoms with Gasteiger partial charge in [0, 0.05) is 4.47 Å². The minimum atomic E-state index is 0.0560. The molecular formula is C13H10Br2N2O2. The van der Waals surface area contributed by atoms with E-state index in [0.29, 0.717) is 15.8 Å². The number of aromatic hydroxyl groups is 1. The fourth-order valence-electron chi connectivity index (χ4n) is 1.39. The van der Waals surface area contributed by atoms with Crippen LogP contribution in [-0.4, -0.2) is 12.2 Å². The lowest BCUT2D eigenvalue weighted by atomic mass is 10.3. The largest absolute Gasteiger partial charge is 0.505 e. The van der Waals surface area contributed by atoms with Crippen molar-refractivity contribution in [3.8, 4) is 11.5 Å². The standard InChI is InChI=1S/C13H10Br2N2O2/c1-19-10-4-2-9(3-5-10)16-17-12-7-8(14)6-11(15)13(12)18/h2-7,18H,1H3. The van der Waals surface area contributed by atoms with E-state index in [2.05, 4.69) is 42.1 Å². The van der Waals surface area contributed by atoms with Crippen molar-refractivity contribution in [2.45, 2.75) is 0 Å². The SMILES string of the molecule is COc1ccc(N=Nc2cc(Br)cc(Br)c2O)cc1. The summed E-state index contributed by atoms with van der Waals surface area (Å²) in [4.78, 5) is 0. The number of azo groups is 1. The summed E-state index contributed by atoms with van der Waals surface area (Å²) in [6.07, 6.45) is 0. The molecule has 0 aromatic heterocycles. The van der Waals surface area contributed by atoms with Crippen molar-refractivity contribution in [1.82, 2.24) is 0 Å². The van der Waals surface area contributed by atoms with Crippen LogP contribution >= 0.6 is 31.9 Å². The summed E-state index contributed by atoms with van der Waals surface area (Å²) < 4.78 is 6.42. The van der Waals surface area contributed by atoms with Crippen molar-refractivity contribution in [2.24, 2.45) is 10.2 Å². The van der Waals surface area contributed by atoms with Gasteiger partial charge in [0.1, 0.15) is 11.4 Å². The molecule has 0 unspecified atom stereocenters. The van der Waals surface area contributed by atoms with E-state index in [1.807, 2.05) is 0 Å². The molecule has 2 aromatic rings. The number of benzene rings is 2. The smallest absolute Gasteiger partial charge is 0.157 e. The number of nitrogens with zero attached hydrogens (tertiary/aromatic N) is 2. The van der Waals surface area contributed by atoms with Crippen molar-refractivity contribution >= 4 is 43.2 Å². The van der Waals surface area contributed by atoms with Crippen LogP contribution in [0, 0.1) is 0 Å². The van der Waals surface area contributed by atoms with E-state index < -0.39 is 0 Å². The average molecular weight is 386 g/mol. The van der Waals surface area contributed by atoms with Gasteiger partial charge in [-0.05, 0) is 52.3 Å². The number of phenols is 1. The quantitative estimate of drug-likeness (QED) is 0.724. The summed E-state index contributed by atoms with van der Waals surface area (Å²) in [5.74, 6) is 0.812. The third-order valence-electron chi connectivity index (χ3n) is 2.35. The molecule has 0 fully saturated rings. The predicted octanol–water partition coefficient (Wildman–Crippen LogP) is 5.34. The molecule has 6 heteroatoms. The third-order valence-corrected chi connectivity index (χ3v) is 3.42. The Bertz CT molecular complexity index is 613. The number of halogens is 2. The van der Waals surface area contributed by atoms with Crippen LogP contribution in [-0.2, 0) is 0 Å². The van der Waals surface area contributed by atoms with E-state index in [1.165, 1.54) is 0 Å². The lowest BCUT2D eigenvalue weighted by molar-refractivity contribution is 0.415. The van der Waals surface area contributed by atoms with Gasteiger partial charge < -0.3 is 9.84 Å². The maximum Gasteiger partial charge on any atom is 0.157 e. The number of phenolic OH excluding ortho intramolecular Hbond substituents is 1. The summed E-state index contributed by atoms with van der Waals surface area (Å²) >= 11 is 6.58. The summed E-state index contributed by atoms with van der Waals surface area (Å²) in [5, 5.41) is 17.9. The highest BCUT2D eigenvalue weighted by Gasteiger charge is 2.06. The normalized spacial score (nSPS) is 10.9. The minimum absolute atomic E-state index is 0.0560. The summed E-state index contributed by atoms with van der Waals surface area (Å²) in [6, 6.07) is 10.6. The van der Waals surface area contributed by atoms with Gasteiger partial charge in [-0.25, -0.2) is 0 Å². The summed E-state index contributed by atoms with van der Waals surface area (Å²) in [7, 11) is 1.60. The van der Waals surface area contributed by atoms with Crippen LogP contribution in [0.1, 0.15) is 0 Å². The highest BCUT2D eigenvalue weighted by atomic mass is 79.9. The molecule has 0 aliphatic heterocycles. The van der Waals surface area contributed by atoms with E-state index >= 15 is 0 Å². The van der Waals surface area contributed by atoms with Gasteiger partial charge in [0.25, 0.3) is 0 Å².